The predicted molar refractivity (Wildman–Crippen MR) is 71.3 cm³/mol. The lowest BCUT2D eigenvalue weighted by Crippen LogP contribution is -2.54. The third-order valence-electron chi connectivity index (χ3n) is 4.63. The van der Waals surface area contributed by atoms with E-state index in [-0.39, 0.29) is 11.3 Å². The van der Waals surface area contributed by atoms with Gasteiger partial charge in [0.15, 0.2) is 0 Å². The first-order valence-corrected chi connectivity index (χ1v) is 6.23. The molecule has 0 saturated carbocycles. The Morgan fingerprint density at radius 2 is 2.22 bits per heavy atom. The van der Waals surface area contributed by atoms with Crippen molar-refractivity contribution < 1.29 is 9.47 Å². The SMILES string of the molecule is C=C1OC[C@](C)(c2cccnc2)C(C)C1(C)OC. The Labute approximate surface area is 109 Å². The van der Waals surface area contributed by atoms with E-state index in [0.29, 0.717) is 12.4 Å². The van der Waals surface area contributed by atoms with Crippen molar-refractivity contribution >= 4 is 0 Å². The summed E-state index contributed by atoms with van der Waals surface area (Å²) < 4.78 is 11.5. The average molecular weight is 247 g/mol. The minimum atomic E-state index is -0.469. The molecular weight excluding hydrogens is 226 g/mol. The van der Waals surface area contributed by atoms with Crippen LogP contribution in [0.25, 0.3) is 0 Å². The molecule has 2 heterocycles. The van der Waals surface area contributed by atoms with Crippen molar-refractivity contribution in [2.75, 3.05) is 13.7 Å². The topological polar surface area (TPSA) is 31.4 Å². The van der Waals surface area contributed by atoms with Crippen molar-refractivity contribution in [2.45, 2.75) is 31.8 Å². The Hall–Kier alpha value is -1.35. The fourth-order valence-corrected chi connectivity index (χ4v) is 2.68. The predicted octanol–water partition coefficient (Wildman–Crippen LogP) is 2.92. The van der Waals surface area contributed by atoms with Gasteiger partial charge in [0.05, 0.1) is 6.61 Å². The molecule has 0 aromatic carbocycles. The van der Waals surface area contributed by atoms with Gasteiger partial charge in [-0.15, -0.1) is 0 Å². The smallest absolute Gasteiger partial charge is 0.125 e. The summed E-state index contributed by atoms with van der Waals surface area (Å²) in [5.74, 6) is 0.958. The molecule has 1 aromatic heterocycles. The molecule has 1 aliphatic rings. The highest BCUT2D eigenvalue weighted by Gasteiger charge is 2.51. The normalized spacial score (nSPS) is 36.2. The van der Waals surface area contributed by atoms with Crippen LogP contribution in [0.1, 0.15) is 26.3 Å². The quantitative estimate of drug-likeness (QED) is 0.805. The van der Waals surface area contributed by atoms with Crippen LogP contribution in [0.15, 0.2) is 36.9 Å². The highest BCUT2D eigenvalue weighted by molar-refractivity contribution is 5.28. The van der Waals surface area contributed by atoms with E-state index in [1.807, 2.05) is 19.2 Å². The zero-order chi connectivity index (χ0) is 13.4. The van der Waals surface area contributed by atoms with Crippen LogP contribution < -0.4 is 0 Å². The molecule has 3 heteroatoms. The second-order valence-corrected chi connectivity index (χ2v) is 5.40. The molecule has 0 aliphatic carbocycles. The number of nitrogens with zero attached hydrogens (tertiary/aromatic N) is 1. The van der Waals surface area contributed by atoms with Crippen molar-refractivity contribution in [1.82, 2.24) is 4.98 Å². The van der Waals surface area contributed by atoms with Gasteiger partial charge in [0.1, 0.15) is 11.4 Å². The lowest BCUT2D eigenvalue weighted by atomic mass is 9.65. The zero-order valence-corrected chi connectivity index (χ0v) is 11.6. The number of hydrogen-bond donors (Lipinski definition) is 0. The Morgan fingerprint density at radius 1 is 1.50 bits per heavy atom. The van der Waals surface area contributed by atoms with Crippen LogP contribution in [0.3, 0.4) is 0 Å². The zero-order valence-electron chi connectivity index (χ0n) is 11.6. The van der Waals surface area contributed by atoms with E-state index in [1.54, 1.807) is 13.3 Å². The van der Waals surface area contributed by atoms with Crippen molar-refractivity contribution in [2.24, 2.45) is 5.92 Å². The summed E-state index contributed by atoms with van der Waals surface area (Å²) in [6.07, 6.45) is 3.69. The molecule has 0 spiro atoms. The van der Waals surface area contributed by atoms with Crippen molar-refractivity contribution in [3.05, 3.63) is 42.4 Å². The van der Waals surface area contributed by atoms with E-state index in [2.05, 4.69) is 31.5 Å². The van der Waals surface area contributed by atoms with Gasteiger partial charge in [-0.3, -0.25) is 4.98 Å². The Morgan fingerprint density at radius 3 is 2.78 bits per heavy atom. The van der Waals surface area contributed by atoms with Gasteiger partial charge in [0.25, 0.3) is 0 Å². The molecule has 3 nitrogen and oxygen atoms in total. The maximum absolute atomic E-state index is 5.78. The van der Waals surface area contributed by atoms with Crippen LogP contribution in [0.2, 0.25) is 0 Å². The number of hydrogen-bond acceptors (Lipinski definition) is 3. The van der Waals surface area contributed by atoms with Crippen molar-refractivity contribution in [3.8, 4) is 0 Å². The van der Waals surface area contributed by atoms with Crippen molar-refractivity contribution in [3.63, 3.8) is 0 Å². The Kier molecular flexibility index (Phi) is 3.20. The molecule has 2 unspecified atom stereocenters. The van der Waals surface area contributed by atoms with E-state index >= 15 is 0 Å². The van der Waals surface area contributed by atoms with Crippen LogP contribution in [0.4, 0.5) is 0 Å². The summed E-state index contributed by atoms with van der Waals surface area (Å²) >= 11 is 0. The molecule has 0 radical (unpaired) electrons. The summed E-state index contributed by atoms with van der Waals surface area (Å²) in [6, 6.07) is 4.05. The molecule has 1 aliphatic heterocycles. The number of ether oxygens (including phenoxy) is 2. The second-order valence-electron chi connectivity index (χ2n) is 5.40. The molecule has 98 valence electrons. The van der Waals surface area contributed by atoms with Crippen LogP contribution in [0, 0.1) is 5.92 Å². The van der Waals surface area contributed by atoms with Gasteiger partial charge in [-0.05, 0) is 18.6 Å². The molecular formula is C15H21NO2. The van der Waals surface area contributed by atoms with Gasteiger partial charge in [-0.2, -0.15) is 0 Å². The minimum absolute atomic E-state index is 0.125. The third-order valence-corrected chi connectivity index (χ3v) is 4.63. The fraction of sp³-hybridized carbons (Fsp3) is 0.533. The Bertz CT molecular complexity index is 445. The number of methoxy groups -OCH3 is 1. The number of aromatic nitrogens is 1. The average Bonchev–Trinajstić information content (AvgIpc) is 2.42. The van der Waals surface area contributed by atoms with Gasteiger partial charge in [0.2, 0.25) is 0 Å². The highest BCUT2D eigenvalue weighted by atomic mass is 16.5. The van der Waals surface area contributed by atoms with Gasteiger partial charge in [-0.1, -0.05) is 26.5 Å². The lowest BCUT2D eigenvalue weighted by molar-refractivity contribution is -0.118. The molecule has 0 bridgehead atoms. The van der Waals surface area contributed by atoms with E-state index in [9.17, 15) is 0 Å². The fourth-order valence-electron chi connectivity index (χ4n) is 2.68. The van der Waals surface area contributed by atoms with Gasteiger partial charge < -0.3 is 9.47 Å². The van der Waals surface area contributed by atoms with Gasteiger partial charge in [-0.25, -0.2) is 0 Å². The van der Waals surface area contributed by atoms with E-state index in [4.69, 9.17) is 9.47 Å². The van der Waals surface area contributed by atoms with E-state index < -0.39 is 5.60 Å². The molecule has 2 rings (SSSR count). The molecule has 1 saturated heterocycles. The molecule has 1 aromatic rings. The Balaban J connectivity index is 2.44. The monoisotopic (exact) mass is 247 g/mol. The summed E-state index contributed by atoms with van der Waals surface area (Å²) in [5.41, 5.74) is 0.580. The summed E-state index contributed by atoms with van der Waals surface area (Å²) in [5, 5.41) is 0. The van der Waals surface area contributed by atoms with Crippen molar-refractivity contribution in [1.29, 1.82) is 0 Å². The van der Waals surface area contributed by atoms with E-state index in [0.717, 1.165) is 0 Å². The largest absolute Gasteiger partial charge is 0.495 e. The van der Waals surface area contributed by atoms with Gasteiger partial charge in [0, 0.05) is 30.8 Å². The highest BCUT2D eigenvalue weighted by Crippen LogP contribution is 2.47. The minimum Gasteiger partial charge on any atom is -0.495 e. The summed E-state index contributed by atoms with van der Waals surface area (Å²) in [7, 11) is 1.71. The summed E-state index contributed by atoms with van der Waals surface area (Å²) in [4.78, 5) is 4.21. The molecule has 3 atom stereocenters. The van der Waals surface area contributed by atoms with Gasteiger partial charge >= 0.3 is 0 Å². The number of rotatable bonds is 2. The first-order valence-electron chi connectivity index (χ1n) is 6.23. The summed E-state index contributed by atoms with van der Waals surface area (Å²) in [6.45, 7) is 11.0. The third kappa shape index (κ3) is 1.74. The maximum Gasteiger partial charge on any atom is 0.125 e. The molecule has 1 fully saturated rings. The first-order chi connectivity index (χ1) is 8.45. The molecule has 0 amide bonds. The van der Waals surface area contributed by atoms with E-state index in [1.165, 1.54) is 5.56 Å². The maximum atomic E-state index is 5.78. The van der Waals surface area contributed by atoms with Crippen LogP contribution >= 0.6 is 0 Å². The second kappa shape index (κ2) is 4.39. The molecule has 18 heavy (non-hydrogen) atoms. The van der Waals surface area contributed by atoms with Crippen LogP contribution in [0.5, 0.6) is 0 Å². The van der Waals surface area contributed by atoms with Crippen LogP contribution in [-0.4, -0.2) is 24.3 Å². The number of pyridine rings is 1. The first kappa shape index (κ1) is 13.1. The standard InChI is InChI=1S/C15H21NO2/c1-11-14(3,13-7-6-8-16-9-13)10-18-12(2)15(11,4)17-5/h6-9,11H,2,10H2,1,3-5H3/t11?,14-,15?/m0/s1. The lowest BCUT2D eigenvalue weighted by Gasteiger charge is -2.50. The van der Waals surface area contributed by atoms with Crippen LogP contribution in [-0.2, 0) is 14.9 Å². The molecule has 0 N–H and O–H groups in total.